The second kappa shape index (κ2) is 9.16. The van der Waals surface area contributed by atoms with Gasteiger partial charge in [0.05, 0.1) is 0 Å². The third-order valence-electron chi connectivity index (χ3n) is 3.86. The zero-order chi connectivity index (χ0) is 18.2. The van der Waals surface area contributed by atoms with Crippen LogP contribution in [0.4, 0.5) is 0 Å². The molecule has 0 aromatic carbocycles. The maximum Gasteiger partial charge on any atom is 0.303 e. The van der Waals surface area contributed by atoms with E-state index in [0.29, 0.717) is 43.7 Å². The van der Waals surface area contributed by atoms with Crippen LogP contribution in [0, 0.1) is 10.1 Å². The Labute approximate surface area is 150 Å². The topological polar surface area (TPSA) is 112 Å². The molecule has 0 bridgehead atoms. The van der Waals surface area contributed by atoms with Gasteiger partial charge in [0.2, 0.25) is 0 Å². The molecule has 1 aromatic rings. The molecule has 1 fully saturated rings. The number of hydrazone groups is 1. The Kier molecular flexibility index (Phi) is 6.93. The van der Waals surface area contributed by atoms with Crippen molar-refractivity contribution in [3.63, 3.8) is 0 Å². The van der Waals surface area contributed by atoms with Crippen molar-refractivity contribution in [1.29, 1.82) is 0 Å². The molecular formula is C15H20ClN5O4. The van der Waals surface area contributed by atoms with Crippen molar-refractivity contribution in [3.8, 4) is 0 Å². The summed E-state index contributed by atoms with van der Waals surface area (Å²) in [7, 11) is 0. The van der Waals surface area contributed by atoms with Crippen molar-refractivity contribution in [3.05, 3.63) is 39.2 Å². The molecule has 25 heavy (non-hydrogen) atoms. The van der Waals surface area contributed by atoms with Crippen molar-refractivity contribution in [2.45, 2.75) is 32.2 Å². The second-order valence-corrected chi connectivity index (χ2v) is 6.13. The van der Waals surface area contributed by atoms with Gasteiger partial charge in [-0.3, -0.25) is 4.79 Å². The molecule has 1 saturated heterocycles. The summed E-state index contributed by atoms with van der Waals surface area (Å²) in [6.07, 6.45) is 3.91. The zero-order valence-electron chi connectivity index (χ0n) is 13.7. The number of carboxylic acid groups (broad SMARTS) is 1. The van der Waals surface area contributed by atoms with E-state index in [1.54, 1.807) is 12.3 Å². The van der Waals surface area contributed by atoms with Crippen LogP contribution in [0.5, 0.6) is 0 Å². The maximum absolute atomic E-state index is 10.9. The van der Waals surface area contributed by atoms with Gasteiger partial charge in [-0.1, -0.05) is 24.1 Å². The Bertz CT molecular complexity index is 637. The number of aliphatic carboxylic acids is 1. The van der Waals surface area contributed by atoms with Crippen molar-refractivity contribution < 1.29 is 14.9 Å². The summed E-state index contributed by atoms with van der Waals surface area (Å²) < 4.78 is 0. The molecule has 1 aromatic heterocycles. The van der Waals surface area contributed by atoms with Crippen LogP contribution in [0.25, 0.3) is 0 Å². The van der Waals surface area contributed by atoms with Crippen LogP contribution in [0.15, 0.2) is 23.4 Å². The van der Waals surface area contributed by atoms with Crippen LogP contribution in [0.3, 0.4) is 0 Å². The number of carbonyl (C=O) groups is 1. The molecule has 0 radical (unpaired) electrons. The van der Waals surface area contributed by atoms with E-state index in [1.807, 2.05) is 15.9 Å². The Morgan fingerprint density at radius 2 is 2.08 bits per heavy atom. The summed E-state index contributed by atoms with van der Waals surface area (Å²) >= 11 is 5.77. The molecule has 2 heterocycles. The van der Waals surface area contributed by atoms with E-state index in [0.717, 1.165) is 18.4 Å². The molecule has 136 valence electrons. The molecule has 0 unspecified atom stereocenters. The van der Waals surface area contributed by atoms with Gasteiger partial charge in [0.15, 0.2) is 5.03 Å². The van der Waals surface area contributed by atoms with E-state index < -0.39 is 11.0 Å². The quantitative estimate of drug-likeness (QED) is 0.307. The third kappa shape index (κ3) is 6.18. The first kappa shape index (κ1) is 18.9. The van der Waals surface area contributed by atoms with Gasteiger partial charge in [0.25, 0.3) is 5.96 Å². The lowest BCUT2D eigenvalue weighted by Gasteiger charge is -2.20. The van der Waals surface area contributed by atoms with Gasteiger partial charge >= 0.3 is 5.97 Å². The molecule has 0 saturated carbocycles. The molecule has 0 aliphatic carbocycles. The first-order valence-corrected chi connectivity index (χ1v) is 8.38. The predicted octanol–water partition coefficient (Wildman–Crippen LogP) is 2.05. The maximum atomic E-state index is 10.9. The number of hydrogen-bond donors (Lipinski definition) is 1. The smallest absolute Gasteiger partial charge is 0.303 e. The number of halogens is 1. The monoisotopic (exact) mass is 369 g/mol. The largest absolute Gasteiger partial charge is 0.481 e. The summed E-state index contributed by atoms with van der Waals surface area (Å²) in [4.78, 5) is 29.1. The van der Waals surface area contributed by atoms with E-state index in [9.17, 15) is 14.9 Å². The van der Waals surface area contributed by atoms with Crippen molar-refractivity contribution in [1.82, 2.24) is 14.8 Å². The minimum absolute atomic E-state index is 0.144. The van der Waals surface area contributed by atoms with E-state index in [2.05, 4.69) is 10.1 Å². The Morgan fingerprint density at radius 3 is 2.72 bits per heavy atom. The standard InChI is InChI=1S/C15H20ClN5O4/c16-13-6-5-12(10-17-13)11-20-9-8-19(15(20)18-21(24)25)7-3-1-2-4-14(22)23/h5-6,10H,1-4,7-9,11H2,(H,22,23). The number of rotatable bonds is 9. The SMILES string of the molecule is O=C(O)CCCCCN1CCN(Cc2ccc(Cl)nc2)C1=N[N+](=O)[O-]. The number of unbranched alkanes of at least 4 members (excludes halogenated alkanes) is 2. The first-order valence-electron chi connectivity index (χ1n) is 8.01. The minimum atomic E-state index is -0.806. The van der Waals surface area contributed by atoms with Crippen LogP contribution in [0.1, 0.15) is 31.2 Å². The number of guanidine groups is 1. The van der Waals surface area contributed by atoms with Crippen LogP contribution in [-0.4, -0.2) is 56.5 Å². The lowest BCUT2D eigenvalue weighted by molar-refractivity contribution is -0.486. The van der Waals surface area contributed by atoms with E-state index >= 15 is 0 Å². The first-order chi connectivity index (χ1) is 12.0. The Hall–Kier alpha value is -2.42. The number of nitro groups is 1. The fourth-order valence-electron chi connectivity index (χ4n) is 2.68. The van der Waals surface area contributed by atoms with Crippen molar-refractivity contribution in [2.75, 3.05) is 19.6 Å². The Morgan fingerprint density at radius 1 is 1.32 bits per heavy atom. The lowest BCUT2D eigenvalue weighted by Crippen LogP contribution is -2.34. The predicted molar refractivity (Wildman–Crippen MR) is 91.8 cm³/mol. The van der Waals surface area contributed by atoms with Gasteiger partial charge in [-0.05, 0) is 24.5 Å². The summed E-state index contributed by atoms with van der Waals surface area (Å²) in [5.74, 6) is -0.474. The van der Waals surface area contributed by atoms with Gasteiger partial charge < -0.3 is 14.9 Å². The number of hydrogen-bond acceptors (Lipinski definition) is 4. The molecule has 0 atom stereocenters. The van der Waals surface area contributed by atoms with E-state index in [1.165, 1.54) is 0 Å². The van der Waals surface area contributed by atoms with E-state index in [-0.39, 0.29) is 6.42 Å². The molecule has 1 N–H and O–H groups in total. The highest BCUT2D eigenvalue weighted by Crippen LogP contribution is 2.16. The fraction of sp³-hybridized carbons (Fsp3) is 0.533. The second-order valence-electron chi connectivity index (χ2n) is 5.74. The number of nitrogens with zero attached hydrogens (tertiary/aromatic N) is 5. The molecular weight excluding hydrogens is 350 g/mol. The summed E-state index contributed by atoms with van der Waals surface area (Å²) in [5, 5.41) is 22.7. The molecule has 1 aliphatic rings. The highest BCUT2D eigenvalue weighted by Gasteiger charge is 2.29. The molecule has 10 heteroatoms. The van der Waals surface area contributed by atoms with Crippen LogP contribution in [-0.2, 0) is 11.3 Å². The normalized spacial score (nSPS) is 15.8. The fourth-order valence-corrected chi connectivity index (χ4v) is 2.79. The van der Waals surface area contributed by atoms with Crippen molar-refractivity contribution in [2.24, 2.45) is 5.10 Å². The average Bonchev–Trinajstić information content (AvgIpc) is 2.90. The summed E-state index contributed by atoms with van der Waals surface area (Å²) in [5.41, 5.74) is 0.892. The molecule has 1 aliphatic heterocycles. The number of aromatic nitrogens is 1. The Balaban J connectivity index is 1.93. The van der Waals surface area contributed by atoms with Gasteiger partial charge in [-0.25, -0.2) is 15.1 Å². The van der Waals surface area contributed by atoms with Crippen LogP contribution >= 0.6 is 11.6 Å². The highest BCUT2D eigenvalue weighted by atomic mass is 35.5. The summed E-state index contributed by atoms with van der Waals surface area (Å²) in [6, 6.07) is 3.51. The van der Waals surface area contributed by atoms with Crippen LogP contribution < -0.4 is 0 Å². The lowest BCUT2D eigenvalue weighted by atomic mass is 10.2. The minimum Gasteiger partial charge on any atom is -0.481 e. The molecule has 0 amide bonds. The average molecular weight is 370 g/mol. The number of pyridine rings is 1. The van der Waals surface area contributed by atoms with Gasteiger partial charge in [-0.2, -0.15) is 0 Å². The van der Waals surface area contributed by atoms with Crippen molar-refractivity contribution >= 4 is 23.5 Å². The van der Waals surface area contributed by atoms with Gasteiger partial charge in [0.1, 0.15) is 10.3 Å². The van der Waals surface area contributed by atoms with Crippen LogP contribution in [0.2, 0.25) is 5.15 Å². The van der Waals surface area contributed by atoms with E-state index in [4.69, 9.17) is 16.7 Å². The highest BCUT2D eigenvalue weighted by molar-refractivity contribution is 6.29. The van der Waals surface area contributed by atoms with Gasteiger partial charge in [-0.15, -0.1) is 0 Å². The number of carboxylic acids is 1. The molecule has 2 rings (SSSR count). The zero-order valence-corrected chi connectivity index (χ0v) is 14.4. The third-order valence-corrected chi connectivity index (χ3v) is 4.08. The molecule has 9 nitrogen and oxygen atoms in total. The van der Waals surface area contributed by atoms with Gasteiger partial charge in [0, 0.05) is 38.8 Å². The molecule has 0 spiro atoms. The summed E-state index contributed by atoms with van der Waals surface area (Å²) in [6.45, 7) is 2.35.